The minimum absolute atomic E-state index is 0.602. The Labute approximate surface area is 118 Å². The van der Waals surface area contributed by atoms with Gasteiger partial charge in [0.15, 0.2) is 0 Å². The summed E-state index contributed by atoms with van der Waals surface area (Å²) in [7, 11) is 0. The van der Waals surface area contributed by atoms with Crippen LogP contribution in [0.3, 0.4) is 0 Å². The topological polar surface area (TPSA) is 24.9 Å². The highest BCUT2D eigenvalue weighted by atomic mass is 32.1. The van der Waals surface area contributed by atoms with E-state index in [1.807, 2.05) is 6.20 Å². The number of benzene rings is 1. The lowest BCUT2D eigenvalue weighted by molar-refractivity contribution is 0.547. The van der Waals surface area contributed by atoms with E-state index in [0.717, 1.165) is 19.0 Å². The number of nitrogens with one attached hydrogen (secondary N) is 1. The van der Waals surface area contributed by atoms with Crippen LogP contribution >= 0.6 is 11.3 Å². The van der Waals surface area contributed by atoms with Crippen LogP contribution < -0.4 is 5.32 Å². The van der Waals surface area contributed by atoms with Crippen molar-refractivity contribution in [2.45, 2.75) is 37.6 Å². The predicted molar refractivity (Wildman–Crippen MR) is 80.6 cm³/mol. The van der Waals surface area contributed by atoms with E-state index in [4.69, 9.17) is 0 Å². The molecule has 0 radical (unpaired) electrons. The Morgan fingerprint density at radius 2 is 2.11 bits per heavy atom. The fourth-order valence-corrected chi connectivity index (χ4v) is 3.02. The van der Waals surface area contributed by atoms with Crippen molar-refractivity contribution in [2.75, 3.05) is 6.54 Å². The summed E-state index contributed by atoms with van der Waals surface area (Å²) in [5.74, 6) is 0.602. The van der Waals surface area contributed by atoms with Crippen LogP contribution in [0.15, 0.2) is 41.9 Å². The van der Waals surface area contributed by atoms with Gasteiger partial charge in [-0.1, -0.05) is 30.3 Å². The molecule has 1 heterocycles. The predicted octanol–water partition coefficient (Wildman–Crippen LogP) is 3.61. The van der Waals surface area contributed by atoms with E-state index >= 15 is 0 Å². The second-order valence-corrected chi connectivity index (χ2v) is 6.23. The molecule has 0 amide bonds. The van der Waals surface area contributed by atoms with E-state index < -0.39 is 0 Å². The highest BCUT2D eigenvalue weighted by Gasteiger charge is 2.22. The summed E-state index contributed by atoms with van der Waals surface area (Å²) in [6.07, 6.45) is 6.88. The van der Waals surface area contributed by atoms with E-state index in [1.54, 1.807) is 11.3 Å². The zero-order valence-corrected chi connectivity index (χ0v) is 11.9. The minimum atomic E-state index is 0.602. The maximum Gasteiger partial charge on any atom is 0.0925 e. The SMILES string of the molecule is c1ccc(C(CCc2nccs2)CNC2CC2)cc1. The molecule has 19 heavy (non-hydrogen) atoms. The Bertz CT molecular complexity index is 477. The van der Waals surface area contributed by atoms with Crippen LogP contribution in [-0.2, 0) is 6.42 Å². The molecular formula is C16H20N2S. The molecule has 1 atom stereocenters. The van der Waals surface area contributed by atoms with Gasteiger partial charge in [-0.3, -0.25) is 0 Å². The molecule has 0 saturated heterocycles. The first-order valence-electron chi connectivity index (χ1n) is 7.08. The zero-order chi connectivity index (χ0) is 12.9. The summed E-state index contributed by atoms with van der Waals surface area (Å²) in [5.41, 5.74) is 1.45. The third kappa shape index (κ3) is 3.88. The smallest absolute Gasteiger partial charge is 0.0925 e. The molecule has 2 nitrogen and oxygen atoms in total. The molecule has 0 bridgehead atoms. The molecule has 3 heteroatoms. The molecule has 1 aromatic heterocycles. The van der Waals surface area contributed by atoms with Gasteiger partial charge in [0.05, 0.1) is 5.01 Å². The lowest BCUT2D eigenvalue weighted by Gasteiger charge is -2.17. The average molecular weight is 272 g/mol. The van der Waals surface area contributed by atoms with Gasteiger partial charge in [0, 0.05) is 24.2 Å². The van der Waals surface area contributed by atoms with Gasteiger partial charge in [-0.2, -0.15) is 0 Å². The lowest BCUT2D eigenvalue weighted by Crippen LogP contribution is -2.24. The summed E-state index contributed by atoms with van der Waals surface area (Å²) >= 11 is 1.77. The highest BCUT2D eigenvalue weighted by molar-refractivity contribution is 7.09. The van der Waals surface area contributed by atoms with Gasteiger partial charge in [-0.25, -0.2) is 4.98 Å². The van der Waals surface area contributed by atoms with E-state index in [2.05, 4.69) is 46.0 Å². The molecule has 2 aromatic rings. The van der Waals surface area contributed by atoms with Crippen LogP contribution in [0.2, 0.25) is 0 Å². The summed E-state index contributed by atoms with van der Waals surface area (Å²) < 4.78 is 0. The van der Waals surface area contributed by atoms with E-state index in [1.165, 1.54) is 29.8 Å². The van der Waals surface area contributed by atoms with Crippen LogP contribution in [0.4, 0.5) is 0 Å². The standard InChI is InChI=1S/C16H20N2S/c1-2-4-13(5-3-1)14(12-18-15-7-8-15)6-9-16-17-10-11-19-16/h1-5,10-11,14-15,18H,6-9,12H2. The number of aromatic nitrogens is 1. The first kappa shape index (κ1) is 12.8. The van der Waals surface area contributed by atoms with Crippen LogP contribution in [0.1, 0.15) is 35.8 Å². The van der Waals surface area contributed by atoms with Crippen molar-refractivity contribution in [3.05, 3.63) is 52.5 Å². The Morgan fingerprint density at radius 3 is 2.79 bits per heavy atom. The van der Waals surface area contributed by atoms with Crippen molar-refractivity contribution in [2.24, 2.45) is 0 Å². The molecule has 1 saturated carbocycles. The molecule has 100 valence electrons. The number of hydrogen-bond acceptors (Lipinski definition) is 3. The molecule has 1 N–H and O–H groups in total. The van der Waals surface area contributed by atoms with Crippen molar-refractivity contribution in [1.29, 1.82) is 0 Å². The molecule has 1 aromatic carbocycles. The molecule has 1 unspecified atom stereocenters. The molecular weight excluding hydrogens is 252 g/mol. The molecule has 3 rings (SSSR count). The van der Waals surface area contributed by atoms with Crippen molar-refractivity contribution in [1.82, 2.24) is 10.3 Å². The first-order chi connectivity index (χ1) is 9.42. The van der Waals surface area contributed by atoms with Gasteiger partial charge >= 0.3 is 0 Å². The largest absolute Gasteiger partial charge is 0.313 e. The molecule has 1 fully saturated rings. The van der Waals surface area contributed by atoms with Crippen LogP contribution in [0.5, 0.6) is 0 Å². The second-order valence-electron chi connectivity index (χ2n) is 5.25. The van der Waals surface area contributed by atoms with Crippen molar-refractivity contribution >= 4 is 11.3 Å². The fraction of sp³-hybridized carbons (Fsp3) is 0.438. The third-order valence-electron chi connectivity index (χ3n) is 3.69. The van der Waals surface area contributed by atoms with Crippen molar-refractivity contribution in [3.63, 3.8) is 0 Å². The van der Waals surface area contributed by atoms with Crippen molar-refractivity contribution < 1.29 is 0 Å². The summed E-state index contributed by atoms with van der Waals surface area (Å²) in [4.78, 5) is 4.39. The van der Waals surface area contributed by atoms with E-state index in [9.17, 15) is 0 Å². The summed E-state index contributed by atoms with van der Waals surface area (Å²) in [6, 6.07) is 11.7. The van der Waals surface area contributed by atoms with Gasteiger partial charge in [-0.15, -0.1) is 11.3 Å². The quantitative estimate of drug-likeness (QED) is 0.833. The van der Waals surface area contributed by atoms with Crippen LogP contribution in [0.25, 0.3) is 0 Å². The molecule has 1 aliphatic rings. The Balaban J connectivity index is 1.61. The molecule has 1 aliphatic carbocycles. The number of hydrogen-bond donors (Lipinski definition) is 1. The van der Waals surface area contributed by atoms with Gasteiger partial charge in [-0.05, 0) is 37.2 Å². The zero-order valence-electron chi connectivity index (χ0n) is 11.1. The first-order valence-corrected chi connectivity index (χ1v) is 7.96. The summed E-state index contributed by atoms with van der Waals surface area (Å²) in [6.45, 7) is 1.10. The fourth-order valence-electron chi connectivity index (χ4n) is 2.38. The normalized spacial score (nSPS) is 16.4. The minimum Gasteiger partial charge on any atom is -0.313 e. The Hall–Kier alpha value is -1.19. The van der Waals surface area contributed by atoms with Gasteiger partial charge in [0.1, 0.15) is 0 Å². The Kier molecular flexibility index (Phi) is 4.26. The van der Waals surface area contributed by atoms with Gasteiger partial charge < -0.3 is 5.32 Å². The molecule has 0 spiro atoms. The Morgan fingerprint density at radius 1 is 1.26 bits per heavy atom. The molecule has 0 aliphatic heterocycles. The third-order valence-corrected chi connectivity index (χ3v) is 4.53. The summed E-state index contributed by atoms with van der Waals surface area (Å²) in [5, 5.41) is 6.99. The van der Waals surface area contributed by atoms with Gasteiger partial charge in [0.2, 0.25) is 0 Å². The van der Waals surface area contributed by atoms with Crippen molar-refractivity contribution in [3.8, 4) is 0 Å². The maximum absolute atomic E-state index is 4.39. The maximum atomic E-state index is 4.39. The van der Waals surface area contributed by atoms with Crippen LogP contribution in [-0.4, -0.2) is 17.6 Å². The van der Waals surface area contributed by atoms with E-state index in [0.29, 0.717) is 5.92 Å². The number of thiazole rings is 1. The monoisotopic (exact) mass is 272 g/mol. The number of nitrogens with zero attached hydrogens (tertiary/aromatic N) is 1. The van der Waals surface area contributed by atoms with Gasteiger partial charge in [0.25, 0.3) is 0 Å². The number of aryl methyl sites for hydroxylation is 1. The average Bonchev–Trinajstić information content (AvgIpc) is 3.14. The lowest BCUT2D eigenvalue weighted by atomic mass is 9.94. The highest BCUT2D eigenvalue weighted by Crippen LogP contribution is 2.24. The second kappa shape index (κ2) is 6.31. The van der Waals surface area contributed by atoms with Crippen LogP contribution in [0, 0.1) is 0 Å². The van der Waals surface area contributed by atoms with E-state index in [-0.39, 0.29) is 0 Å². The number of rotatable bonds is 7.